The molecule has 1 amide bonds. The first-order chi connectivity index (χ1) is 9.90. The van der Waals surface area contributed by atoms with Gasteiger partial charge in [-0.25, -0.2) is 0 Å². The Labute approximate surface area is 148 Å². The third kappa shape index (κ3) is 3.13. The number of aromatic hydroxyl groups is 1. The van der Waals surface area contributed by atoms with Crippen molar-refractivity contribution in [3.05, 3.63) is 25.5 Å². The SMILES string of the molecule is CCN1C(=O)/C(=C\c2c(O)c(OC)cc(Br)c2Br)SC1=S. The molecule has 1 heterocycles. The smallest absolute Gasteiger partial charge is 0.266 e. The van der Waals surface area contributed by atoms with Crippen molar-refractivity contribution in [1.29, 1.82) is 0 Å². The number of ether oxygens (including phenoxy) is 1. The second-order valence-corrected chi connectivity index (χ2v) is 7.39. The molecule has 0 spiro atoms. The molecule has 8 heteroatoms. The Kier molecular flexibility index (Phi) is 5.34. The fourth-order valence-electron chi connectivity index (χ4n) is 1.80. The van der Waals surface area contributed by atoms with Crippen molar-refractivity contribution in [1.82, 2.24) is 4.90 Å². The third-order valence-corrected chi connectivity index (χ3v) is 6.27. The summed E-state index contributed by atoms with van der Waals surface area (Å²) in [4.78, 5) is 14.2. The van der Waals surface area contributed by atoms with Crippen LogP contribution in [0.3, 0.4) is 0 Å². The van der Waals surface area contributed by atoms with Crippen LogP contribution in [-0.2, 0) is 4.79 Å². The second-order valence-electron chi connectivity index (χ2n) is 4.06. The van der Waals surface area contributed by atoms with Crippen molar-refractivity contribution in [2.24, 2.45) is 0 Å². The summed E-state index contributed by atoms with van der Waals surface area (Å²) >= 11 is 13.2. The minimum atomic E-state index is -0.155. The molecule has 1 N–H and O–H groups in total. The zero-order valence-electron chi connectivity index (χ0n) is 11.1. The molecule has 112 valence electrons. The number of halogens is 2. The van der Waals surface area contributed by atoms with E-state index in [2.05, 4.69) is 31.9 Å². The number of amides is 1. The van der Waals surface area contributed by atoms with Gasteiger partial charge >= 0.3 is 0 Å². The van der Waals surface area contributed by atoms with Gasteiger partial charge in [-0.1, -0.05) is 24.0 Å². The molecule has 0 saturated carbocycles. The van der Waals surface area contributed by atoms with Crippen molar-refractivity contribution in [2.45, 2.75) is 6.92 Å². The zero-order chi connectivity index (χ0) is 15.7. The van der Waals surface area contributed by atoms with Gasteiger partial charge in [-0.3, -0.25) is 9.69 Å². The molecule has 0 bridgehead atoms. The van der Waals surface area contributed by atoms with Crippen LogP contribution in [0.4, 0.5) is 0 Å². The molecule has 2 rings (SSSR count). The van der Waals surface area contributed by atoms with Crippen molar-refractivity contribution < 1.29 is 14.6 Å². The first kappa shape index (κ1) is 16.8. The number of benzene rings is 1. The Morgan fingerprint density at radius 3 is 2.71 bits per heavy atom. The highest BCUT2D eigenvalue weighted by Crippen LogP contribution is 2.43. The van der Waals surface area contributed by atoms with Gasteiger partial charge in [-0.15, -0.1) is 0 Å². The first-order valence-corrected chi connectivity index (χ1v) is 8.72. The van der Waals surface area contributed by atoms with Gasteiger partial charge in [-0.05, 0) is 50.9 Å². The summed E-state index contributed by atoms with van der Waals surface area (Å²) < 4.78 is 7.00. The average molecular weight is 453 g/mol. The summed E-state index contributed by atoms with van der Waals surface area (Å²) in [6.07, 6.45) is 1.61. The van der Waals surface area contributed by atoms with E-state index in [0.717, 1.165) is 4.47 Å². The first-order valence-electron chi connectivity index (χ1n) is 5.91. The highest BCUT2D eigenvalue weighted by Gasteiger charge is 2.31. The fourth-order valence-corrected chi connectivity index (χ4v) is 4.01. The van der Waals surface area contributed by atoms with Gasteiger partial charge in [0.2, 0.25) is 0 Å². The lowest BCUT2D eigenvalue weighted by molar-refractivity contribution is -0.121. The number of likely N-dealkylation sites (N-methyl/N-ethyl adjacent to an activating group) is 1. The number of thioether (sulfide) groups is 1. The van der Waals surface area contributed by atoms with Crippen LogP contribution in [0.1, 0.15) is 12.5 Å². The van der Waals surface area contributed by atoms with Gasteiger partial charge < -0.3 is 9.84 Å². The zero-order valence-corrected chi connectivity index (χ0v) is 16.0. The number of thiocarbonyl (C=S) groups is 1. The molecule has 0 aromatic heterocycles. The van der Waals surface area contributed by atoms with E-state index >= 15 is 0 Å². The van der Waals surface area contributed by atoms with Crippen LogP contribution >= 0.6 is 55.8 Å². The van der Waals surface area contributed by atoms with E-state index in [9.17, 15) is 9.90 Å². The predicted molar refractivity (Wildman–Crippen MR) is 95.6 cm³/mol. The molecule has 1 aliphatic rings. The lowest BCUT2D eigenvalue weighted by Crippen LogP contribution is -2.27. The van der Waals surface area contributed by atoms with Gasteiger partial charge in [0.15, 0.2) is 11.5 Å². The Hall–Kier alpha value is -0.570. The van der Waals surface area contributed by atoms with E-state index in [4.69, 9.17) is 17.0 Å². The number of hydrogen-bond acceptors (Lipinski definition) is 5. The summed E-state index contributed by atoms with van der Waals surface area (Å²) in [7, 11) is 1.47. The summed E-state index contributed by atoms with van der Waals surface area (Å²) in [6, 6.07) is 1.65. The largest absolute Gasteiger partial charge is 0.504 e. The van der Waals surface area contributed by atoms with E-state index < -0.39 is 0 Å². The van der Waals surface area contributed by atoms with Gasteiger partial charge in [-0.2, -0.15) is 0 Å². The lowest BCUT2D eigenvalue weighted by Gasteiger charge is -2.11. The van der Waals surface area contributed by atoms with Crippen LogP contribution in [0.15, 0.2) is 19.9 Å². The Balaban J connectivity index is 2.54. The minimum absolute atomic E-state index is 0.0330. The molecule has 1 saturated heterocycles. The van der Waals surface area contributed by atoms with Crippen molar-refractivity contribution in [3.63, 3.8) is 0 Å². The highest BCUT2D eigenvalue weighted by molar-refractivity contribution is 9.13. The van der Waals surface area contributed by atoms with E-state index in [1.807, 2.05) is 6.92 Å². The van der Waals surface area contributed by atoms with E-state index in [-0.39, 0.29) is 11.7 Å². The van der Waals surface area contributed by atoms with E-state index in [1.165, 1.54) is 23.8 Å². The van der Waals surface area contributed by atoms with Crippen LogP contribution in [-0.4, -0.2) is 33.9 Å². The van der Waals surface area contributed by atoms with Gasteiger partial charge in [0, 0.05) is 21.1 Å². The van der Waals surface area contributed by atoms with Crippen LogP contribution in [0.2, 0.25) is 0 Å². The van der Waals surface area contributed by atoms with Gasteiger partial charge in [0.05, 0.1) is 12.0 Å². The van der Waals surface area contributed by atoms with E-state index in [0.29, 0.717) is 31.6 Å². The van der Waals surface area contributed by atoms with Gasteiger partial charge in [0.1, 0.15) is 4.32 Å². The Morgan fingerprint density at radius 2 is 2.19 bits per heavy atom. The number of hydrogen-bond donors (Lipinski definition) is 1. The number of carbonyl (C=O) groups is 1. The number of phenols is 1. The normalized spacial score (nSPS) is 17.0. The molecule has 1 aliphatic heterocycles. The summed E-state index contributed by atoms with van der Waals surface area (Å²) in [6.45, 7) is 2.39. The maximum atomic E-state index is 12.2. The van der Waals surface area contributed by atoms with Crippen LogP contribution < -0.4 is 4.74 Å². The second kappa shape index (κ2) is 6.68. The molecule has 1 aromatic carbocycles. The predicted octanol–water partition coefficient (Wildman–Crippen LogP) is 4.15. The van der Waals surface area contributed by atoms with Crippen LogP contribution in [0.5, 0.6) is 11.5 Å². The molecule has 0 unspecified atom stereocenters. The Morgan fingerprint density at radius 1 is 1.52 bits per heavy atom. The molecule has 1 aromatic rings. The quantitative estimate of drug-likeness (QED) is 0.551. The summed E-state index contributed by atoms with van der Waals surface area (Å²) in [5.41, 5.74) is 0.470. The maximum absolute atomic E-state index is 12.2. The molecule has 21 heavy (non-hydrogen) atoms. The summed E-state index contributed by atoms with van der Waals surface area (Å²) in [5.74, 6) is 0.134. The van der Waals surface area contributed by atoms with Crippen molar-refractivity contribution in [3.8, 4) is 11.5 Å². The molecule has 1 fully saturated rings. The molecular weight excluding hydrogens is 442 g/mol. The van der Waals surface area contributed by atoms with E-state index in [1.54, 1.807) is 12.1 Å². The van der Waals surface area contributed by atoms with Crippen molar-refractivity contribution >= 4 is 72.1 Å². The average Bonchev–Trinajstić information content (AvgIpc) is 2.72. The minimum Gasteiger partial charge on any atom is -0.504 e. The number of rotatable bonds is 3. The molecule has 4 nitrogen and oxygen atoms in total. The number of nitrogens with zero attached hydrogens (tertiary/aromatic N) is 1. The number of carbonyl (C=O) groups excluding carboxylic acids is 1. The third-order valence-electron chi connectivity index (χ3n) is 2.88. The maximum Gasteiger partial charge on any atom is 0.266 e. The highest BCUT2D eigenvalue weighted by atomic mass is 79.9. The molecule has 0 radical (unpaired) electrons. The van der Waals surface area contributed by atoms with Crippen LogP contribution in [0, 0.1) is 0 Å². The molecular formula is C13H11Br2NO3S2. The molecule has 0 atom stereocenters. The summed E-state index contributed by atoms with van der Waals surface area (Å²) in [5, 5.41) is 10.2. The lowest BCUT2D eigenvalue weighted by atomic mass is 10.1. The standard InChI is InChI=1S/C13H11Br2NO3S2/c1-3-16-12(18)9(21-13(16)20)4-6-10(15)7(14)5-8(19-2)11(6)17/h4-5,17H,3H2,1-2H3/b9-4+. The monoisotopic (exact) mass is 451 g/mol. The molecule has 0 aliphatic carbocycles. The fraction of sp³-hybridized carbons (Fsp3) is 0.231. The van der Waals surface area contributed by atoms with Crippen molar-refractivity contribution in [2.75, 3.05) is 13.7 Å². The number of methoxy groups -OCH3 is 1. The topological polar surface area (TPSA) is 49.8 Å². The Bertz CT molecular complexity index is 661. The van der Waals surface area contributed by atoms with Gasteiger partial charge in [0.25, 0.3) is 5.91 Å². The van der Waals surface area contributed by atoms with Crippen LogP contribution in [0.25, 0.3) is 6.08 Å². The number of phenolic OH excluding ortho intramolecular Hbond substituents is 1.